The van der Waals surface area contributed by atoms with Crippen molar-refractivity contribution in [3.8, 4) is 0 Å². The molecular formula is C12H14Si. The minimum absolute atomic E-state index is 0.636. The Morgan fingerprint density at radius 2 is 1.54 bits per heavy atom. The van der Waals surface area contributed by atoms with Crippen LogP contribution in [0.5, 0.6) is 0 Å². The van der Waals surface area contributed by atoms with Crippen LogP contribution in [0.2, 0.25) is 13.1 Å². The van der Waals surface area contributed by atoms with E-state index in [2.05, 4.69) is 55.6 Å². The van der Waals surface area contributed by atoms with Crippen LogP contribution >= 0.6 is 0 Å². The first-order valence-electron chi connectivity index (χ1n) is 4.76. The molecule has 2 aromatic carbocycles. The van der Waals surface area contributed by atoms with Crippen molar-refractivity contribution in [3.63, 3.8) is 0 Å². The van der Waals surface area contributed by atoms with Gasteiger partial charge in [0.05, 0.1) is 8.80 Å². The molecule has 0 unspecified atom stereocenters. The van der Waals surface area contributed by atoms with Crippen LogP contribution in [0.25, 0.3) is 10.8 Å². The van der Waals surface area contributed by atoms with Gasteiger partial charge in [-0.15, -0.1) is 0 Å². The van der Waals surface area contributed by atoms with E-state index in [-0.39, 0.29) is 0 Å². The predicted molar refractivity (Wildman–Crippen MR) is 62.5 cm³/mol. The highest BCUT2D eigenvalue weighted by atomic mass is 28.3. The standard InChI is InChI=1S/C12H14Si/c1-13(2)12-8-7-10-5-3-4-6-11(10)9-12/h3-9,13H,1-2H3. The Kier molecular flexibility index (Phi) is 2.19. The number of benzene rings is 2. The lowest BCUT2D eigenvalue weighted by Gasteiger charge is -2.05. The third kappa shape index (κ3) is 1.65. The third-order valence-electron chi connectivity index (χ3n) is 2.44. The molecule has 0 N–H and O–H groups in total. The molecule has 0 bridgehead atoms. The number of hydrogen-bond donors (Lipinski definition) is 0. The molecule has 0 aliphatic carbocycles. The Labute approximate surface area is 80.8 Å². The molecule has 2 aromatic rings. The molecule has 0 atom stereocenters. The van der Waals surface area contributed by atoms with Crippen molar-refractivity contribution in [1.82, 2.24) is 0 Å². The van der Waals surface area contributed by atoms with Crippen molar-refractivity contribution >= 4 is 24.8 Å². The van der Waals surface area contributed by atoms with Gasteiger partial charge in [-0.2, -0.15) is 0 Å². The first kappa shape index (κ1) is 8.51. The van der Waals surface area contributed by atoms with Crippen LogP contribution in [0.1, 0.15) is 0 Å². The van der Waals surface area contributed by atoms with Crippen LogP contribution in [-0.2, 0) is 0 Å². The first-order chi connectivity index (χ1) is 6.27. The van der Waals surface area contributed by atoms with Gasteiger partial charge in [0.1, 0.15) is 0 Å². The summed E-state index contributed by atoms with van der Waals surface area (Å²) in [4.78, 5) is 0. The van der Waals surface area contributed by atoms with E-state index < -0.39 is 8.80 Å². The fourth-order valence-corrected chi connectivity index (χ4v) is 2.56. The van der Waals surface area contributed by atoms with Crippen LogP contribution in [-0.4, -0.2) is 8.80 Å². The molecule has 0 aliphatic heterocycles. The summed E-state index contributed by atoms with van der Waals surface area (Å²) in [6.45, 7) is 4.73. The van der Waals surface area contributed by atoms with Gasteiger partial charge >= 0.3 is 0 Å². The van der Waals surface area contributed by atoms with Crippen LogP contribution < -0.4 is 5.19 Å². The van der Waals surface area contributed by atoms with Gasteiger partial charge in [0, 0.05) is 0 Å². The zero-order valence-electron chi connectivity index (χ0n) is 8.12. The maximum Gasteiger partial charge on any atom is 0.0647 e. The van der Waals surface area contributed by atoms with E-state index in [9.17, 15) is 0 Å². The van der Waals surface area contributed by atoms with Gasteiger partial charge in [0.25, 0.3) is 0 Å². The summed E-state index contributed by atoms with van der Waals surface area (Å²) in [5.41, 5.74) is 0. The van der Waals surface area contributed by atoms with Crippen molar-refractivity contribution < 1.29 is 0 Å². The highest BCUT2D eigenvalue weighted by Crippen LogP contribution is 2.11. The summed E-state index contributed by atoms with van der Waals surface area (Å²) in [6.07, 6.45) is 0. The van der Waals surface area contributed by atoms with E-state index in [1.54, 1.807) is 5.19 Å². The van der Waals surface area contributed by atoms with E-state index >= 15 is 0 Å². The molecule has 66 valence electrons. The summed E-state index contributed by atoms with van der Waals surface area (Å²) in [5.74, 6) is 0. The SMILES string of the molecule is C[SiH](C)c1ccc2ccccc2c1. The second kappa shape index (κ2) is 3.34. The van der Waals surface area contributed by atoms with Crippen LogP contribution in [0.4, 0.5) is 0 Å². The summed E-state index contributed by atoms with van der Waals surface area (Å²) >= 11 is 0. The summed E-state index contributed by atoms with van der Waals surface area (Å²) in [5, 5.41) is 4.28. The Morgan fingerprint density at radius 3 is 2.23 bits per heavy atom. The zero-order valence-corrected chi connectivity index (χ0v) is 9.27. The smallest absolute Gasteiger partial charge is 0.0647 e. The third-order valence-corrected chi connectivity index (χ3v) is 4.13. The molecule has 0 heterocycles. The van der Waals surface area contributed by atoms with Crippen molar-refractivity contribution in [2.75, 3.05) is 0 Å². The van der Waals surface area contributed by atoms with Crippen molar-refractivity contribution in [3.05, 3.63) is 42.5 Å². The molecular weight excluding hydrogens is 172 g/mol. The molecule has 2 rings (SSSR count). The van der Waals surface area contributed by atoms with Gasteiger partial charge in [0.15, 0.2) is 0 Å². The van der Waals surface area contributed by atoms with E-state index in [1.807, 2.05) is 0 Å². The number of fused-ring (bicyclic) bond motifs is 1. The van der Waals surface area contributed by atoms with E-state index in [0.717, 1.165) is 0 Å². The molecule has 0 aliphatic rings. The molecule has 0 fully saturated rings. The van der Waals surface area contributed by atoms with E-state index in [4.69, 9.17) is 0 Å². The summed E-state index contributed by atoms with van der Waals surface area (Å²) in [7, 11) is -0.636. The maximum atomic E-state index is 2.37. The monoisotopic (exact) mass is 186 g/mol. The van der Waals surface area contributed by atoms with Crippen molar-refractivity contribution in [2.24, 2.45) is 0 Å². The van der Waals surface area contributed by atoms with E-state index in [0.29, 0.717) is 0 Å². The molecule has 0 saturated heterocycles. The molecule has 0 nitrogen and oxygen atoms in total. The Balaban J connectivity index is 2.62. The maximum absolute atomic E-state index is 2.37. The van der Waals surface area contributed by atoms with Crippen molar-refractivity contribution in [2.45, 2.75) is 13.1 Å². The lowest BCUT2D eigenvalue weighted by molar-refractivity contribution is 1.76. The van der Waals surface area contributed by atoms with Crippen LogP contribution in [0.3, 0.4) is 0 Å². The Bertz CT molecular complexity index is 418. The largest absolute Gasteiger partial charge is 0.0682 e. The van der Waals surface area contributed by atoms with Crippen LogP contribution in [0.15, 0.2) is 42.5 Å². The van der Waals surface area contributed by atoms with Crippen molar-refractivity contribution in [1.29, 1.82) is 0 Å². The molecule has 0 aromatic heterocycles. The second-order valence-corrected chi connectivity index (χ2v) is 6.74. The normalized spacial score (nSPS) is 11.0. The fourth-order valence-electron chi connectivity index (χ4n) is 1.57. The molecule has 0 spiro atoms. The molecule has 0 amide bonds. The number of rotatable bonds is 1. The van der Waals surface area contributed by atoms with E-state index in [1.165, 1.54) is 10.8 Å². The first-order valence-corrected chi connectivity index (χ1v) is 7.65. The molecule has 0 radical (unpaired) electrons. The predicted octanol–water partition coefficient (Wildman–Crippen LogP) is 2.53. The quantitative estimate of drug-likeness (QED) is 0.600. The highest BCUT2D eigenvalue weighted by molar-refractivity contribution is 6.70. The average molecular weight is 186 g/mol. The van der Waals surface area contributed by atoms with Gasteiger partial charge in [-0.3, -0.25) is 0 Å². The summed E-state index contributed by atoms with van der Waals surface area (Å²) < 4.78 is 0. The fraction of sp³-hybridized carbons (Fsp3) is 0.167. The second-order valence-electron chi connectivity index (χ2n) is 3.76. The lowest BCUT2D eigenvalue weighted by Crippen LogP contribution is -2.21. The lowest BCUT2D eigenvalue weighted by atomic mass is 10.1. The van der Waals surface area contributed by atoms with Gasteiger partial charge in [-0.25, -0.2) is 0 Å². The summed E-state index contributed by atoms with van der Waals surface area (Å²) in [6, 6.07) is 15.4. The molecule has 13 heavy (non-hydrogen) atoms. The highest BCUT2D eigenvalue weighted by Gasteiger charge is 2.00. The minimum Gasteiger partial charge on any atom is -0.0682 e. The average Bonchev–Trinajstić information content (AvgIpc) is 2.17. The number of hydrogen-bond acceptors (Lipinski definition) is 0. The van der Waals surface area contributed by atoms with Crippen LogP contribution in [0, 0.1) is 0 Å². The van der Waals surface area contributed by atoms with Gasteiger partial charge in [-0.05, 0) is 10.8 Å². The van der Waals surface area contributed by atoms with Gasteiger partial charge in [0.2, 0.25) is 0 Å². The Hall–Kier alpha value is -1.08. The minimum atomic E-state index is -0.636. The topological polar surface area (TPSA) is 0 Å². The van der Waals surface area contributed by atoms with Gasteiger partial charge < -0.3 is 0 Å². The Morgan fingerprint density at radius 1 is 0.846 bits per heavy atom. The zero-order chi connectivity index (χ0) is 9.26. The molecule has 0 saturated carbocycles. The van der Waals surface area contributed by atoms with Gasteiger partial charge in [-0.1, -0.05) is 60.7 Å². The molecule has 1 heteroatoms.